The molecule has 3 heteroatoms. The van der Waals surface area contributed by atoms with Gasteiger partial charge >= 0.3 is 0 Å². The van der Waals surface area contributed by atoms with Crippen LogP contribution in [0.5, 0.6) is 0 Å². The van der Waals surface area contributed by atoms with Crippen LogP contribution in [-0.4, -0.2) is 4.83 Å². The standard InChI is InChI=1S/C9H12Br2O/c1-6(5-7(2)10)9-8(11)3-4-12-9/h3-4,6-7H,5H2,1-2H3. The van der Waals surface area contributed by atoms with E-state index in [0.717, 1.165) is 16.7 Å². The third kappa shape index (κ3) is 2.63. The molecule has 0 saturated heterocycles. The maximum absolute atomic E-state index is 5.36. The van der Waals surface area contributed by atoms with Gasteiger partial charge in [0.2, 0.25) is 0 Å². The summed E-state index contributed by atoms with van der Waals surface area (Å²) < 4.78 is 6.43. The topological polar surface area (TPSA) is 13.1 Å². The second-order valence-electron chi connectivity index (χ2n) is 3.05. The summed E-state index contributed by atoms with van der Waals surface area (Å²) in [6, 6.07) is 1.94. The molecule has 1 rings (SSSR count). The minimum Gasteiger partial charge on any atom is -0.468 e. The predicted octanol–water partition coefficient (Wildman–Crippen LogP) is 4.32. The summed E-state index contributed by atoms with van der Waals surface area (Å²) in [7, 11) is 0. The molecule has 68 valence electrons. The van der Waals surface area contributed by atoms with Crippen molar-refractivity contribution in [3.63, 3.8) is 0 Å². The molecule has 0 radical (unpaired) electrons. The number of rotatable bonds is 3. The van der Waals surface area contributed by atoms with E-state index in [2.05, 4.69) is 45.7 Å². The molecular formula is C9H12Br2O. The lowest BCUT2D eigenvalue weighted by Crippen LogP contribution is -1.99. The molecule has 1 aromatic rings. The molecule has 1 aromatic heterocycles. The van der Waals surface area contributed by atoms with Crippen molar-refractivity contribution in [3.05, 3.63) is 22.6 Å². The Balaban J connectivity index is 2.65. The molecule has 0 bridgehead atoms. The van der Waals surface area contributed by atoms with Gasteiger partial charge in [-0.2, -0.15) is 0 Å². The van der Waals surface area contributed by atoms with E-state index in [9.17, 15) is 0 Å². The highest BCUT2D eigenvalue weighted by molar-refractivity contribution is 9.10. The van der Waals surface area contributed by atoms with Crippen molar-refractivity contribution in [3.8, 4) is 0 Å². The summed E-state index contributed by atoms with van der Waals surface area (Å²) in [5.74, 6) is 1.50. The van der Waals surface area contributed by atoms with Crippen LogP contribution in [0, 0.1) is 0 Å². The minimum atomic E-state index is 0.462. The van der Waals surface area contributed by atoms with E-state index in [1.165, 1.54) is 0 Å². The summed E-state index contributed by atoms with van der Waals surface area (Å²) in [6.45, 7) is 4.31. The SMILES string of the molecule is CC(Br)CC(C)c1occc1Br. The first kappa shape index (κ1) is 10.3. The maximum Gasteiger partial charge on any atom is 0.120 e. The van der Waals surface area contributed by atoms with Crippen LogP contribution in [0.3, 0.4) is 0 Å². The zero-order valence-electron chi connectivity index (χ0n) is 7.18. The van der Waals surface area contributed by atoms with Gasteiger partial charge in [-0.05, 0) is 28.4 Å². The Kier molecular flexibility index (Phi) is 3.84. The molecule has 0 aliphatic heterocycles. The maximum atomic E-state index is 5.36. The number of hydrogen-bond donors (Lipinski definition) is 0. The van der Waals surface area contributed by atoms with E-state index in [-0.39, 0.29) is 0 Å². The third-order valence-corrected chi connectivity index (χ3v) is 2.80. The number of alkyl halides is 1. The molecule has 0 aliphatic rings. The first-order valence-electron chi connectivity index (χ1n) is 3.98. The van der Waals surface area contributed by atoms with E-state index >= 15 is 0 Å². The van der Waals surface area contributed by atoms with Crippen molar-refractivity contribution in [2.75, 3.05) is 0 Å². The molecule has 1 nitrogen and oxygen atoms in total. The molecule has 0 aliphatic carbocycles. The molecule has 12 heavy (non-hydrogen) atoms. The Hall–Kier alpha value is 0.240. The number of hydrogen-bond acceptors (Lipinski definition) is 1. The van der Waals surface area contributed by atoms with Gasteiger partial charge in [0, 0.05) is 10.7 Å². The Labute approximate surface area is 89.8 Å². The van der Waals surface area contributed by atoms with Crippen LogP contribution in [0.15, 0.2) is 21.2 Å². The van der Waals surface area contributed by atoms with Crippen LogP contribution in [0.25, 0.3) is 0 Å². The summed E-state index contributed by atoms with van der Waals surface area (Å²) in [4.78, 5) is 0.532. The van der Waals surface area contributed by atoms with Gasteiger partial charge in [-0.25, -0.2) is 0 Å². The van der Waals surface area contributed by atoms with Crippen LogP contribution in [0.1, 0.15) is 31.9 Å². The molecular weight excluding hydrogens is 284 g/mol. The van der Waals surface area contributed by atoms with Crippen molar-refractivity contribution in [2.24, 2.45) is 0 Å². The van der Waals surface area contributed by atoms with Crippen LogP contribution in [-0.2, 0) is 0 Å². The van der Waals surface area contributed by atoms with E-state index in [1.807, 2.05) is 6.07 Å². The van der Waals surface area contributed by atoms with E-state index < -0.39 is 0 Å². The van der Waals surface area contributed by atoms with Crippen LogP contribution in [0.4, 0.5) is 0 Å². The highest BCUT2D eigenvalue weighted by atomic mass is 79.9. The monoisotopic (exact) mass is 294 g/mol. The van der Waals surface area contributed by atoms with E-state index in [0.29, 0.717) is 10.7 Å². The lowest BCUT2D eigenvalue weighted by atomic mass is 10.0. The van der Waals surface area contributed by atoms with Gasteiger partial charge in [-0.3, -0.25) is 0 Å². The molecule has 2 unspecified atom stereocenters. The molecule has 0 aromatic carbocycles. The quantitative estimate of drug-likeness (QED) is 0.757. The Bertz CT molecular complexity index is 242. The van der Waals surface area contributed by atoms with Gasteiger partial charge in [0.1, 0.15) is 5.76 Å². The fraction of sp³-hybridized carbons (Fsp3) is 0.556. The third-order valence-electron chi connectivity index (χ3n) is 1.77. The first-order chi connectivity index (χ1) is 5.61. The van der Waals surface area contributed by atoms with Crippen LogP contribution in [0.2, 0.25) is 0 Å². The van der Waals surface area contributed by atoms with Gasteiger partial charge < -0.3 is 4.42 Å². The largest absolute Gasteiger partial charge is 0.468 e. The van der Waals surface area contributed by atoms with Crippen LogP contribution >= 0.6 is 31.9 Å². The normalized spacial score (nSPS) is 16.0. The summed E-state index contributed by atoms with van der Waals surface area (Å²) in [6.07, 6.45) is 2.81. The number of halogens is 2. The number of furan rings is 1. The average Bonchev–Trinajstić information content (AvgIpc) is 2.33. The smallest absolute Gasteiger partial charge is 0.120 e. The first-order valence-corrected chi connectivity index (χ1v) is 5.69. The van der Waals surface area contributed by atoms with Gasteiger partial charge in [0.25, 0.3) is 0 Å². The van der Waals surface area contributed by atoms with Crippen molar-refractivity contribution in [1.29, 1.82) is 0 Å². The van der Waals surface area contributed by atoms with E-state index in [4.69, 9.17) is 4.42 Å². The Morgan fingerprint density at radius 3 is 2.58 bits per heavy atom. The van der Waals surface area contributed by atoms with Gasteiger partial charge in [-0.15, -0.1) is 0 Å². The molecule has 0 amide bonds. The van der Waals surface area contributed by atoms with Crippen molar-refractivity contribution in [2.45, 2.75) is 31.0 Å². The second kappa shape index (κ2) is 4.47. The van der Waals surface area contributed by atoms with E-state index in [1.54, 1.807) is 6.26 Å². The van der Waals surface area contributed by atoms with Gasteiger partial charge in [-0.1, -0.05) is 29.8 Å². The highest BCUT2D eigenvalue weighted by Gasteiger charge is 2.14. The molecule has 1 heterocycles. The average molecular weight is 296 g/mol. The van der Waals surface area contributed by atoms with Crippen LogP contribution < -0.4 is 0 Å². The summed E-state index contributed by atoms with van der Waals surface area (Å²) >= 11 is 6.98. The molecule has 0 spiro atoms. The second-order valence-corrected chi connectivity index (χ2v) is 5.47. The summed E-state index contributed by atoms with van der Waals surface area (Å²) in [5, 5.41) is 0. The fourth-order valence-electron chi connectivity index (χ4n) is 1.25. The van der Waals surface area contributed by atoms with Crippen molar-refractivity contribution < 1.29 is 4.42 Å². The van der Waals surface area contributed by atoms with Crippen molar-refractivity contribution in [1.82, 2.24) is 0 Å². The predicted molar refractivity (Wildman–Crippen MR) is 57.8 cm³/mol. The highest BCUT2D eigenvalue weighted by Crippen LogP contribution is 2.30. The summed E-state index contributed by atoms with van der Waals surface area (Å²) in [5.41, 5.74) is 0. The Morgan fingerprint density at radius 2 is 2.17 bits per heavy atom. The fourth-order valence-corrected chi connectivity index (χ4v) is 2.40. The zero-order chi connectivity index (χ0) is 9.14. The Morgan fingerprint density at radius 1 is 1.50 bits per heavy atom. The molecule has 0 saturated carbocycles. The zero-order valence-corrected chi connectivity index (χ0v) is 10.4. The van der Waals surface area contributed by atoms with Gasteiger partial charge in [0.05, 0.1) is 10.7 Å². The molecule has 2 atom stereocenters. The lowest BCUT2D eigenvalue weighted by Gasteiger charge is -2.10. The minimum absolute atomic E-state index is 0.462. The van der Waals surface area contributed by atoms with Crippen molar-refractivity contribution >= 4 is 31.9 Å². The molecule has 0 fully saturated rings. The lowest BCUT2D eigenvalue weighted by molar-refractivity contribution is 0.460. The molecule has 0 N–H and O–H groups in total. The van der Waals surface area contributed by atoms with Gasteiger partial charge in [0.15, 0.2) is 0 Å².